The van der Waals surface area contributed by atoms with Gasteiger partial charge in [-0.2, -0.15) is 0 Å². The predicted octanol–water partition coefficient (Wildman–Crippen LogP) is 3.61. The van der Waals surface area contributed by atoms with Crippen molar-refractivity contribution in [2.45, 2.75) is 52.4 Å². The molecule has 1 atom stereocenters. The third kappa shape index (κ3) is 1.21. The van der Waals surface area contributed by atoms with Crippen LogP contribution < -0.4 is 0 Å². The highest BCUT2D eigenvalue weighted by molar-refractivity contribution is 5.08. The molecule has 0 aliphatic heterocycles. The van der Waals surface area contributed by atoms with E-state index in [1.807, 2.05) is 0 Å². The van der Waals surface area contributed by atoms with Crippen LogP contribution in [0.3, 0.4) is 0 Å². The van der Waals surface area contributed by atoms with Gasteiger partial charge in [0.25, 0.3) is 0 Å². The standard InChI is InChI=1S/C11H20/c1-3-4-5-10-7-11(8-10)6-9(11)2/h9-10H,3-8H2,1-2H3. The van der Waals surface area contributed by atoms with Gasteiger partial charge < -0.3 is 0 Å². The molecule has 0 nitrogen and oxygen atoms in total. The van der Waals surface area contributed by atoms with Crippen LogP contribution in [0.25, 0.3) is 0 Å². The zero-order valence-corrected chi connectivity index (χ0v) is 7.90. The Morgan fingerprint density at radius 3 is 2.36 bits per heavy atom. The lowest BCUT2D eigenvalue weighted by molar-refractivity contribution is 0.140. The minimum absolute atomic E-state index is 0.901. The average molecular weight is 152 g/mol. The molecule has 0 heteroatoms. The molecule has 0 radical (unpaired) electrons. The maximum Gasteiger partial charge on any atom is -0.0264 e. The number of unbranched alkanes of at least 4 members (excludes halogenated alkanes) is 1. The second-order valence-corrected chi connectivity index (χ2v) is 4.88. The first-order valence-corrected chi connectivity index (χ1v) is 5.27. The highest BCUT2D eigenvalue weighted by Crippen LogP contribution is 2.68. The molecule has 11 heavy (non-hydrogen) atoms. The van der Waals surface area contributed by atoms with Crippen LogP contribution in [0.1, 0.15) is 52.4 Å². The summed E-state index contributed by atoms with van der Waals surface area (Å²) < 4.78 is 0. The SMILES string of the molecule is CCCCC1CC2(C1)CC2C. The second kappa shape index (κ2) is 2.50. The Hall–Kier alpha value is 0. The van der Waals surface area contributed by atoms with E-state index in [4.69, 9.17) is 0 Å². The van der Waals surface area contributed by atoms with E-state index in [1.54, 1.807) is 19.3 Å². The lowest BCUT2D eigenvalue weighted by atomic mass is 9.68. The minimum Gasteiger partial charge on any atom is -0.0654 e. The monoisotopic (exact) mass is 152 g/mol. The van der Waals surface area contributed by atoms with Gasteiger partial charge >= 0.3 is 0 Å². The largest absolute Gasteiger partial charge is 0.0654 e. The van der Waals surface area contributed by atoms with E-state index in [1.165, 1.54) is 19.3 Å². The molecular weight excluding hydrogens is 132 g/mol. The van der Waals surface area contributed by atoms with Crippen LogP contribution in [0, 0.1) is 17.3 Å². The van der Waals surface area contributed by atoms with E-state index in [0.717, 1.165) is 17.3 Å². The first-order chi connectivity index (χ1) is 5.27. The summed E-state index contributed by atoms with van der Waals surface area (Å²) in [6.07, 6.45) is 9.08. The number of rotatable bonds is 3. The van der Waals surface area contributed by atoms with Gasteiger partial charge in [0.2, 0.25) is 0 Å². The van der Waals surface area contributed by atoms with E-state index >= 15 is 0 Å². The molecule has 0 heterocycles. The predicted molar refractivity (Wildman–Crippen MR) is 48.5 cm³/mol. The molecule has 2 rings (SSSR count). The van der Waals surface area contributed by atoms with Crippen LogP contribution in [0.15, 0.2) is 0 Å². The van der Waals surface area contributed by atoms with Crippen LogP contribution in [-0.2, 0) is 0 Å². The Kier molecular flexibility index (Phi) is 1.74. The fourth-order valence-corrected chi connectivity index (χ4v) is 2.91. The van der Waals surface area contributed by atoms with Gasteiger partial charge in [0.15, 0.2) is 0 Å². The molecule has 2 fully saturated rings. The van der Waals surface area contributed by atoms with Gasteiger partial charge in [-0.1, -0.05) is 33.1 Å². The van der Waals surface area contributed by atoms with E-state index in [-0.39, 0.29) is 0 Å². The first kappa shape index (κ1) is 7.64. The Labute approximate surface area is 70.4 Å². The molecule has 1 spiro atoms. The molecule has 0 bridgehead atoms. The van der Waals surface area contributed by atoms with Gasteiger partial charge in [-0.05, 0) is 36.5 Å². The van der Waals surface area contributed by atoms with Gasteiger partial charge in [-0.15, -0.1) is 0 Å². The Morgan fingerprint density at radius 1 is 1.27 bits per heavy atom. The van der Waals surface area contributed by atoms with Crippen molar-refractivity contribution < 1.29 is 0 Å². The maximum atomic E-state index is 2.43. The van der Waals surface area contributed by atoms with Crippen molar-refractivity contribution in [3.05, 3.63) is 0 Å². The van der Waals surface area contributed by atoms with Crippen LogP contribution >= 0.6 is 0 Å². The quantitative estimate of drug-likeness (QED) is 0.579. The topological polar surface area (TPSA) is 0 Å². The van der Waals surface area contributed by atoms with Crippen molar-refractivity contribution in [1.82, 2.24) is 0 Å². The summed E-state index contributed by atoms with van der Waals surface area (Å²) in [4.78, 5) is 0. The van der Waals surface area contributed by atoms with E-state index in [9.17, 15) is 0 Å². The van der Waals surface area contributed by atoms with Crippen molar-refractivity contribution in [2.75, 3.05) is 0 Å². The van der Waals surface area contributed by atoms with Gasteiger partial charge in [0.1, 0.15) is 0 Å². The molecule has 0 aromatic rings. The molecule has 64 valence electrons. The van der Waals surface area contributed by atoms with Gasteiger partial charge in [0.05, 0.1) is 0 Å². The van der Waals surface area contributed by atoms with Gasteiger partial charge in [-0.25, -0.2) is 0 Å². The summed E-state index contributed by atoms with van der Waals surface area (Å²) in [7, 11) is 0. The molecule has 0 aromatic heterocycles. The van der Waals surface area contributed by atoms with Crippen LogP contribution in [-0.4, -0.2) is 0 Å². The number of hydrogen-bond donors (Lipinski definition) is 0. The molecule has 0 amide bonds. The molecule has 2 aliphatic carbocycles. The summed E-state index contributed by atoms with van der Waals surface area (Å²) in [5.41, 5.74) is 0.901. The highest BCUT2D eigenvalue weighted by atomic mass is 14.6. The minimum atomic E-state index is 0.901. The molecule has 2 saturated carbocycles. The van der Waals surface area contributed by atoms with Crippen molar-refractivity contribution in [2.24, 2.45) is 17.3 Å². The maximum absolute atomic E-state index is 2.43. The molecule has 0 aromatic carbocycles. The third-order valence-electron chi connectivity index (χ3n) is 3.95. The van der Waals surface area contributed by atoms with E-state index in [0.29, 0.717) is 0 Å². The van der Waals surface area contributed by atoms with Crippen LogP contribution in [0.4, 0.5) is 0 Å². The lowest BCUT2D eigenvalue weighted by Crippen LogP contribution is -2.26. The zero-order valence-electron chi connectivity index (χ0n) is 7.90. The fourth-order valence-electron chi connectivity index (χ4n) is 2.91. The van der Waals surface area contributed by atoms with Crippen molar-refractivity contribution in [1.29, 1.82) is 0 Å². The van der Waals surface area contributed by atoms with E-state index in [2.05, 4.69) is 13.8 Å². The van der Waals surface area contributed by atoms with Crippen LogP contribution in [0.2, 0.25) is 0 Å². The van der Waals surface area contributed by atoms with Gasteiger partial charge in [-0.3, -0.25) is 0 Å². The fraction of sp³-hybridized carbons (Fsp3) is 1.00. The van der Waals surface area contributed by atoms with Gasteiger partial charge in [0, 0.05) is 0 Å². The molecular formula is C11H20. The Balaban J connectivity index is 1.65. The summed E-state index contributed by atoms with van der Waals surface area (Å²) in [5, 5.41) is 0. The molecule has 1 unspecified atom stereocenters. The van der Waals surface area contributed by atoms with Crippen molar-refractivity contribution in [3.63, 3.8) is 0 Å². The summed E-state index contributed by atoms with van der Waals surface area (Å²) >= 11 is 0. The number of hydrogen-bond acceptors (Lipinski definition) is 0. The third-order valence-corrected chi connectivity index (χ3v) is 3.95. The lowest BCUT2D eigenvalue weighted by Gasteiger charge is -2.37. The second-order valence-electron chi connectivity index (χ2n) is 4.88. The normalized spacial score (nSPS) is 47.5. The molecule has 0 N–H and O–H groups in total. The molecule has 0 saturated heterocycles. The Morgan fingerprint density at radius 2 is 1.91 bits per heavy atom. The van der Waals surface area contributed by atoms with Crippen molar-refractivity contribution >= 4 is 0 Å². The smallest absolute Gasteiger partial charge is 0.0264 e. The summed E-state index contributed by atoms with van der Waals surface area (Å²) in [6, 6.07) is 0. The average Bonchev–Trinajstić information content (AvgIpc) is 2.55. The Bertz CT molecular complexity index is 142. The zero-order chi connectivity index (χ0) is 7.90. The van der Waals surface area contributed by atoms with Crippen LogP contribution in [0.5, 0.6) is 0 Å². The molecule has 2 aliphatic rings. The van der Waals surface area contributed by atoms with Crippen molar-refractivity contribution in [3.8, 4) is 0 Å². The summed E-state index contributed by atoms with van der Waals surface area (Å²) in [5.74, 6) is 2.21. The first-order valence-electron chi connectivity index (χ1n) is 5.27. The summed E-state index contributed by atoms with van der Waals surface area (Å²) in [6.45, 7) is 4.73. The highest BCUT2D eigenvalue weighted by Gasteiger charge is 2.58. The van der Waals surface area contributed by atoms with E-state index < -0.39 is 0 Å².